The Hall–Kier alpha value is -3.28. The summed E-state index contributed by atoms with van der Waals surface area (Å²) in [5, 5.41) is 0. The number of ketones is 2. The molecule has 0 radical (unpaired) electrons. The van der Waals surface area contributed by atoms with Gasteiger partial charge in [-0.15, -0.1) is 0 Å². The molecule has 5 heteroatoms. The second-order valence-corrected chi connectivity index (χ2v) is 16.0. The Morgan fingerprint density at radius 1 is 0.689 bits per heavy atom. The Morgan fingerprint density at radius 3 is 1.64 bits per heavy atom. The molecule has 0 N–H and O–H groups in total. The van der Waals surface area contributed by atoms with Gasteiger partial charge in [0, 0.05) is 41.8 Å². The van der Waals surface area contributed by atoms with Crippen LogP contribution in [0.25, 0.3) is 0 Å². The molecule has 0 amide bonds. The lowest BCUT2D eigenvalue weighted by molar-refractivity contribution is 0.0974. The number of carbonyl (C=O) groups is 2. The third-order valence-corrected chi connectivity index (χ3v) is 11.5. The number of rotatable bonds is 8. The first kappa shape index (κ1) is 31.7. The summed E-state index contributed by atoms with van der Waals surface area (Å²) in [6.07, 6.45) is 5.10. The Kier molecular flexibility index (Phi) is 9.31. The second-order valence-electron chi connectivity index (χ2n) is 13.8. The van der Waals surface area contributed by atoms with Crippen LogP contribution in [0.4, 0.5) is 0 Å². The van der Waals surface area contributed by atoms with Crippen molar-refractivity contribution in [1.82, 2.24) is 0 Å². The lowest BCUT2D eigenvalue weighted by Gasteiger charge is -2.30. The van der Waals surface area contributed by atoms with Gasteiger partial charge < -0.3 is 4.74 Å². The molecule has 0 aromatic heterocycles. The van der Waals surface area contributed by atoms with Crippen molar-refractivity contribution in [3.05, 3.63) is 113 Å². The highest BCUT2D eigenvalue weighted by Crippen LogP contribution is 2.42. The number of hydrogen-bond donors (Lipinski definition) is 0. The first-order valence-electron chi connectivity index (χ1n) is 16.1. The topological polar surface area (TPSA) is 43.4 Å². The molecule has 4 aromatic carbocycles. The van der Waals surface area contributed by atoms with Crippen molar-refractivity contribution in [3.8, 4) is 5.75 Å². The van der Waals surface area contributed by atoms with E-state index in [1.165, 1.54) is 54.8 Å². The van der Waals surface area contributed by atoms with Crippen molar-refractivity contribution in [2.24, 2.45) is 17.8 Å². The summed E-state index contributed by atoms with van der Waals surface area (Å²) >= 11 is 3.05. The van der Waals surface area contributed by atoms with E-state index in [4.69, 9.17) is 4.74 Å². The fourth-order valence-corrected chi connectivity index (χ4v) is 8.42. The molecule has 0 unspecified atom stereocenters. The van der Waals surface area contributed by atoms with Crippen molar-refractivity contribution in [2.75, 3.05) is 6.61 Å². The molecule has 2 aliphatic rings. The van der Waals surface area contributed by atoms with Gasteiger partial charge in [-0.05, 0) is 103 Å². The van der Waals surface area contributed by atoms with Crippen molar-refractivity contribution < 1.29 is 14.3 Å². The fourth-order valence-electron chi connectivity index (χ4n) is 6.47. The van der Waals surface area contributed by atoms with Gasteiger partial charge in [-0.2, -0.15) is 0 Å². The first-order valence-corrected chi connectivity index (χ1v) is 17.8. The Morgan fingerprint density at radius 2 is 1.18 bits per heavy atom. The quantitative estimate of drug-likeness (QED) is 0.170. The number of fused-ring (bicyclic) bond motifs is 2. The van der Waals surface area contributed by atoms with Crippen LogP contribution in [0.15, 0.2) is 105 Å². The van der Waals surface area contributed by atoms with Crippen molar-refractivity contribution in [3.63, 3.8) is 0 Å². The van der Waals surface area contributed by atoms with E-state index in [-0.39, 0.29) is 17.0 Å². The molecule has 232 valence electrons. The minimum atomic E-state index is -0.0969. The van der Waals surface area contributed by atoms with E-state index in [1.807, 2.05) is 48.5 Å². The van der Waals surface area contributed by atoms with Gasteiger partial charge in [-0.1, -0.05) is 94.5 Å². The SMILES string of the molecule is CC(C)C1CCC(COc2ccc(Sc3cccc4c3C(=O)c3cccc(Sc5ccc(C(C)(C)C)cc5)c3C4=O)cc2)CC1. The molecule has 0 spiro atoms. The molecule has 0 atom stereocenters. The predicted molar refractivity (Wildman–Crippen MR) is 185 cm³/mol. The van der Waals surface area contributed by atoms with Gasteiger partial charge in [-0.25, -0.2) is 0 Å². The minimum Gasteiger partial charge on any atom is -0.493 e. The van der Waals surface area contributed by atoms with E-state index < -0.39 is 0 Å². The second kappa shape index (κ2) is 13.2. The molecule has 1 saturated carbocycles. The summed E-state index contributed by atoms with van der Waals surface area (Å²) < 4.78 is 6.17. The minimum absolute atomic E-state index is 0.0685. The third kappa shape index (κ3) is 6.95. The highest BCUT2D eigenvalue weighted by Gasteiger charge is 2.34. The maximum atomic E-state index is 14.0. The Bertz CT molecular complexity index is 1690. The highest BCUT2D eigenvalue weighted by molar-refractivity contribution is 7.99. The van der Waals surface area contributed by atoms with E-state index in [1.54, 1.807) is 12.1 Å². The summed E-state index contributed by atoms with van der Waals surface area (Å²) in [5.74, 6) is 2.94. The third-order valence-electron chi connectivity index (χ3n) is 9.32. The van der Waals surface area contributed by atoms with Crippen LogP contribution in [-0.4, -0.2) is 18.2 Å². The summed E-state index contributed by atoms with van der Waals surface area (Å²) in [6.45, 7) is 12.0. The zero-order valence-electron chi connectivity index (χ0n) is 26.9. The van der Waals surface area contributed by atoms with Crippen LogP contribution in [-0.2, 0) is 5.41 Å². The van der Waals surface area contributed by atoms with E-state index in [9.17, 15) is 9.59 Å². The normalized spacial score (nSPS) is 18.1. The number of ether oxygens (including phenoxy) is 1. The molecule has 3 nitrogen and oxygen atoms in total. The van der Waals surface area contributed by atoms with Crippen molar-refractivity contribution >= 4 is 35.1 Å². The van der Waals surface area contributed by atoms with Crippen LogP contribution in [0.5, 0.6) is 5.75 Å². The molecule has 6 rings (SSSR count). The molecule has 0 saturated heterocycles. The van der Waals surface area contributed by atoms with Crippen LogP contribution in [0.1, 0.15) is 97.7 Å². The summed E-state index contributed by atoms with van der Waals surface area (Å²) in [7, 11) is 0. The number of benzene rings is 4. The van der Waals surface area contributed by atoms with Gasteiger partial charge in [0.25, 0.3) is 0 Å². The predicted octanol–water partition coefficient (Wildman–Crippen LogP) is 10.9. The molecule has 2 aliphatic carbocycles. The highest BCUT2D eigenvalue weighted by atomic mass is 32.2. The molecular formula is C40H42O3S2. The molecule has 0 bridgehead atoms. The zero-order chi connectivity index (χ0) is 31.7. The van der Waals surface area contributed by atoms with Gasteiger partial charge in [0.05, 0.1) is 6.61 Å². The van der Waals surface area contributed by atoms with E-state index >= 15 is 0 Å². The monoisotopic (exact) mass is 634 g/mol. The molecule has 0 heterocycles. The van der Waals surface area contributed by atoms with Gasteiger partial charge in [0.2, 0.25) is 0 Å². The van der Waals surface area contributed by atoms with Crippen LogP contribution >= 0.6 is 23.5 Å². The molecule has 45 heavy (non-hydrogen) atoms. The average Bonchev–Trinajstić information content (AvgIpc) is 3.03. The van der Waals surface area contributed by atoms with Crippen LogP contribution in [0, 0.1) is 17.8 Å². The molecular weight excluding hydrogens is 593 g/mol. The lowest BCUT2D eigenvalue weighted by Crippen LogP contribution is -2.22. The first-order chi connectivity index (χ1) is 21.6. The number of hydrogen-bond acceptors (Lipinski definition) is 5. The molecule has 1 fully saturated rings. The Labute approximate surface area is 276 Å². The largest absolute Gasteiger partial charge is 0.493 e. The van der Waals surface area contributed by atoms with Gasteiger partial charge >= 0.3 is 0 Å². The summed E-state index contributed by atoms with van der Waals surface area (Å²) in [5.41, 5.74) is 3.27. The smallest absolute Gasteiger partial charge is 0.195 e. The maximum Gasteiger partial charge on any atom is 0.195 e. The number of carbonyl (C=O) groups excluding carboxylic acids is 2. The van der Waals surface area contributed by atoms with Crippen LogP contribution < -0.4 is 4.74 Å². The van der Waals surface area contributed by atoms with E-state index in [2.05, 4.69) is 58.9 Å². The van der Waals surface area contributed by atoms with Crippen LogP contribution in [0.3, 0.4) is 0 Å². The Balaban J connectivity index is 1.16. The maximum absolute atomic E-state index is 14.0. The standard InChI is InChI=1S/C40H42O3S2/c1-25(2)27-14-12-26(13-15-27)24-43-29-18-22-31(23-19-29)45-35-11-7-9-33-37(35)39(42)32-8-6-10-34(36(32)38(33)41)44-30-20-16-28(17-21-30)40(3,4)5/h6-11,16-23,25-27H,12-15,24H2,1-5H3. The zero-order valence-corrected chi connectivity index (χ0v) is 28.5. The van der Waals surface area contributed by atoms with Crippen molar-refractivity contribution in [2.45, 2.75) is 85.3 Å². The van der Waals surface area contributed by atoms with Gasteiger partial charge in [0.1, 0.15) is 5.75 Å². The average molecular weight is 635 g/mol. The fraction of sp³-hybridized carbons (Fsp3) is 0.350. The van der Waals surface area contributed by atoms with Gasteiger partial charge in [-0.3, -0.25) is 9.59 Å². The van der Waals surface area contributed by atoms with Crippen LogP contribution in [0.2, 0.25) is 0 Å². The summed E-state index contributed by atoms with van der Waals surface area (Å²) in [4.78, 5) is 31.6. The van der Waals surface area contributed by atoms with E-state index in [0.29, 0.717) is 28.2 Å². The molecule has 4 aromatic rings. The van der Waals surface area contributed by atoms with Crippen molar-refractivity contribution in [1.29, 1.82) is 0 Å². The van der Waals surface area contributed by atoms with Gasteiger partial charge in [0.15, 0.2) is 11.6 Å². The van der Waals surface area contributed by atoms with E-state index in [0.717, 1.165) is 43.8 Å². The summed E-state index contributed by atoms with van der Waals surface area (Å²) in [6, 6.07) is 27.8. The molecule has 0 aliphatic heterocycles. The lowest BCUT2D eigenvalue weighted by atomic mass is 9.77.